The van der Waals surface area contributed by atoms with E-state index >= 15 is 0 Å². The highest BCUT2D eigenvalue weighted by Crippen LogP contribution is 2.20. The number of ether oxygens (including phenoxy) is 1. The van der Waals surface area contributed by atoms with Crippen LogP contribution in [0.1, 0.15) is 5.56 Å². The zero-order valence-corrected chi connectivity index (χ0v) is 9.93. The summed E-state index contributed by atoms with van der Waals surface area (Å²) in [4.78, 5) is 2.07. The lowest BCUT2D eigenvalue weighted by Gasteiger charge is -2.17. The normalized spacial score (nSPS) is 10.7. The standard InChI is InChI=1S/C11H16FNOS/c1-13(5-6-15)8-9-7-10(12)3-4-11(9)14-2/h3-4,7,15H,5-6,8H2,1-2H3. The minimum absolute atomic E-state index is 0.231. The number of rotatable bonds is 5. The zero-order chi connectivity index (χ0) is 11.3. The molecule has 0 fully saturated rings. The predicted molar refractivity (Wildman–Crippen MR) is 63.1 cm³/mol. The van der Waals surface area contributed by atoms with Crippen LogP contribution in [0, 0.1) is 5.82 Å². The van der Waals surface area contributed by atoms with Gasteiger partial charge in [0.2, 0.25) is 0 Å². The van der Waals surface area contributed by atoms with E-state index in [4.69, 9.17) is 4.74 Å². The average molecular weight is 229 g/mol. The molecule has 0 heterocycles. The summed E-state index contributed by atoms with van der Waals surface area (Å²) in [5.41, 5.74) is 0.863. The Morgan fingerprint density at radius 3 is 2.80 bits per heavy atom. The molecule has 0 atom stereocenters. The van der Waals surface area contributed by atoms with E-state index < -0.39 is 0 Å². The molecular weight excluding hydrogens is 213 g/mol. The van der Waals surface area contributed by atoms with E-state index in [0.29, 0.717) is 6.54 Å². The van der Waals surface area contributed by atoms with Gasteiger partial charge in [-0.3, -0.25) is 0 Å². The van der Waals surface area contributed by atoms with Crippen molar-refractivity contribution < 1.29 is 9.13 Å². The first-order chi connectivity index (χ1) is 7.17. The molecule has 0 aliphatic carbocycles. The van der Waals surface area contributed by atoms with Crippen molar-refractivity contribution in [2.75, 3.05) is 26.5 Å². The molecule has 1 aromatic carbocycles. The summed E-state index contributed by atoms with van der Waals surface area (Å²) in [6.45, 7) is 1.53. The molecule has 0 aliphatic rings. The summed E-state index contributed by atoms with van der Waals surface area (Å²) in [6, 6.07) is 4.56. The van der Waals surface area contributed by atoms with Gasteiger partial charge in [-0.25, -0.2) is 4.39 Å². The molecule has 0 N–H and O–H groups in total. The van der Waals surface area contributed by atoms with Gasteiger partial charge in [0.25, 0.3) is 0 Å². The summed E-state index contributed by atoms with van der Waals surface area (Å²) < 4.78 is 18.2. The summed E-state index contributed by atoms with van der Waals surface area (Å²) in [7, 11) is 3.57. The van der Waals surface area contributed by atoms with Crippen LogP contribution in [-0.4, -0.2) is 31.4 Å². The molecule has 0 saturated carbocycles. The molecule has 0 bridgehead atoms. The van der Waals surface area contributed by atoms with Gasteiger partial charge in [-0.2, -0.15) is 12.6 Å². The topological polar surface area (TPSA) is 12.5 Å². The maximum Gasteiger partial charge on any atom is 0.123 e. The molecule has 0 saturated heterocycles. The van der Waals surface area contributed by atoms with Crippen LogP contribution in [0.5, 0.6) is 5.75 Å². The van der Waals surface area contributed by atoms with E-state index in [1.165, 1.54) is 12.1 Å². The van der Waals surface area contributed by atoms with Gasteiger partial charge in [0.15, 0.2) is 0 Å². The second-order valence-corrected chi connectivity index (χ2v) is 3.86. The number of hydrogen-bond donors (Lipinski definition) is 1. The molecule has 0 spiro atoms. The van der Waals surface area contributed by atoms with Gasteiger partial charge in [0, 0.05) is 24.4 Å². The zero-order valence-electron chi connectivity index (χ0n) is 9.03. The number of nitrogens with zero attached hydrogens (tertiary/aromatic N) is 1. The summed E-state index contributed by atoms with van der Waals surface area (Å²) in [5.74, 6) is 1.28. The number of benzene rings is 1. The van der Waals surface area contributed by atoms with Gasteiger partial charge < -0.3 is 9.64 Å². The predicted octanol–water partition coefficient (Wildman–Crippen LogP) is 2.20. The molecule has 1 aromatic rings. The Morgan fingerprint density at radius 1 is 1.47 bits per heavy atom. The SMILES string of the molecule is COc1ccc(F)cc1CN(C)CCS. The van der Waals surface area contributed by atoms with Gasteiger partial charge in [0.1, 0.15) is 11.6 Å². The van der Waals surface area contributed by atoms with E-state index in [1.807, 2.05) is 7.05 Å². The smallest absolute Gasteiger partial charge is 0.123 e. The molecule has 4 heteroatoms. The quantitative estimate of drug-likeness (QED) is 0.777. The number of thiol groups is 1. The van der Waals surface area contributed by atoms with Crippen molar-refractivity contribution >= 4 is 12.6 Å². The second-order valence-electron chi connectivity index (χ2n) is 3.42. The Kier molecular flexibility index (Phi) is 4.91. The van der Waals surface area contributed by atoms with E-state index in [0.717, 1.165) is 23.6 Å². The lowest BCUT2D eigenvalue weighted by molar-refractivity contribution is 0.334. The Bertz CT molecular complexity index is 319. The molecule has 2 nitrogen and oxygen atoms in total. The first-order valence-electron chi connectivity index (χ1n) is 4.79. The van der Waals surface area contributed by atoms with Crippen LogP contribution < -0.4 is 4.74 Å². The highest BCUT2D eigenvalue weighted by molar-refractivity contribution is 7.80. The molecule has 0 radical (unpaired) electrons. The van der Waals surface area contributed by atoms with Gasteiger partial charge in [-0.05, 0) is 25.2 Å². The molecule has 1 rings (SSSR count). The highest BCUT2D eigenvalue weighted by Gasteiger charge is 2.07. The maximum atomic E-state index is 13.0. The molecule has 0 aromatic heterocycles. The third-order valence-electron chi connectivity index (χ3n) is 2.16. The van der Waals surface area contributed by atoms with Crippen molar-refractivity contribution in [3.8, 4) is 5.75 Å². The summed E-state index contributed by atoms with van der Waals surface area (Å²) in [6.07, 6.45) is 0. The highest BCUT2D eigenvalue weighted by atomic mass is 32.1. The first-order valence-corrected chi connectivity index (χ1v) is 5.42. The van der Waals surface area contributed by atoms with Crippen molar-refractivity contribution in [3.63, 3.8) is 0 Å². The monoisotopic (exact) mass is 229 g/mol. The Hall–Kier alpha value is -0.740. The molecule has 0 aliphatic heterocycles. The molecule has 84 valence electrons. The van der Waals surface area contributed by atoms with E-state index in [9.17, 15) is 4.39 Å². The van der Waals surface area contributed by atoms with Gasteiger partial charge in [0.05, 0.1) is 7.11 Å². The van der Waals surface area contributed by atoms with Gasteiger partial charge in [-0.1, -0.05) is 0 Å². The summed E-state index contributed by atoms with van der Waals surface area (Å²) in [5, 5.41) is 0. The molecule has 15 heavy (non-hydrogen) atoms. The fourth-order valence-electron chi connectivity index (χ4n) is 1.41. The van der Waals surface area contributed by atoms with Crippen LogP contribution in [0.25, 0.3) is 0 Å². The fourth-order valence-corrected chi connectivity index (χ4v) is 1.75. The largest absolute Gasteiger partial charge is 0.496 e. The summed E-state index contributed by atoms with van der Waals surface area (Å²) >= 11 is 4.15. The average Bonchev–Trinajstić information content (AvgIpc) is 2.18. The lowest BCUT2D eigenvalue weighted by Crippen LogP contribution is -2.20. The Morgan fingerprint density at radius 2 is 2.20 bits per heavy atom. The van der Waals surface area contributed by atoms with Gasteiger partial charge in [-0.15, -0.1) is 0 Å². The van der Waals surface area contributed by atoms with Gasteiger partial charge >= 0.3 is 0 Å². The Balaban J connectivity index is 2.77. The number of hydrogen-bond acceptors (Lipinski definition) is 3. The second kappa shape index (κ2) is 5.98. The van der Waals surface area contributed by atoms with Crippen molar-refractivity contribution in [1.29, 1.82) is 0 Å². The lowest BCUT2D eigenvalue weighted by atomic mass is 10.2. The minimum atomic E-state index is -0.231. The third kappa shape index (κ3) is 3.72. The van der Waals surface area contributed by atoms with Crippen LogP contribution in [0.4, 0.5) is 4.39 Å². The van der Waals surface area contributed by atoms with Crippen molar-refractivity contribution in [3.05, 3.63) is 29.6 Å². The Labute approximate surface area is 95.5 Å². The van der Waals surface area contributed by atoms with E-state index in [1.54, 1.807) is 13.2 Å². The van der Waals surface area contributed by atoms with E-state index in [2.05, 4.69) is 17.5 Å². The number of halogens is 1. The fraction of sp³-hybridized carbons (Fsp3) is 0.455. The van der Waals surface area contributed by atoms with Crippen molar-refractivity contribution in [2.24, 2.45) is 0 Å². The maximum absolute atomic E-state index is 13.0. The van der Waals surface area contributed by atoms with Crippen LogP contribution in [-0.2, 0) is 6.54 Å². The van der Waals surface area contributed by atoms with Crippen LogP contribution in [0.2, 0.25) is 0 Å². The molecule has 0 amide bonds. The first kappa shape index (κ1) is 12.3. The van der Waals surface area contributed by atoms with Crippen LogP contribution in [0.3, 0.4) is 0 Å². The van der Waals surface area contributed by atoms with Crippen LogP contribution in [0.15, 0.2) is 18.2 Å². The number of methoxy groups -OCH3 is 1. The van der Waals surface area contributed by atoms with Crippen LogP contribution >= 0.6 is 12.6 Å². The molecular formula is C11H16FNOS. The third-order valence-corrected chi connectivity index (χ3v) is 2.36. The van der Waals surface area contributed by atoms with Crippen molar-refractivity contribution in [1.82, 2.24) is 4.90 Å². The van der Waals surface area contributed by atoms with Crippen molar-refractivity contribution in [2.45, 2.75) is 6.54 Å². The minimum Gasteiger partial charge on any atom is -0.496 e. The molecule has 0 unspecified atom stereocenters. The van der Waals surface area contributed by atoms with E-state index in [-0.39, 0.29) is 5.82 Å².